The lowest BCUT2D eigenvalue weighted by molar-refractivity contribution is 0.388. The van der Waals surface area contributed by atoms with Crippen LogP contribution in [-0.2, 0) is 0 Å². The summed E-state index contributed by atoms with van der Waals surface area (Å²) in [5.74, 6) is 0.342. The Morgan fingerprint density at radius 2 is 2.07 bits per heavy atom. The van der Waals surface area contributed by atoms with E-state index in [1.807, 2.05) is 24.3 Å². The van der Waals surface area contributed by atoms with E-state index in [4.69, 9.17) is 0 Å². The average Bonchev–Trinajstić information content (AvgIpc) is 2.65. The molecule has 1 aromatic carbocycles. The van der Waals surface area contributed by atoms with Gasteiger partial charge in [-0.3, -0.25) is 9.51 Å². The molecule has 0 spiro atoms. The van der Waals surface area contributed by atoms with Gasteiger partial charge >= 0.3 is 5.76 Å². The predicted octanol–water partition coefficient (Wildman–Crippen LogP) is 2.15. The Hall–Kier alpha value is -1.84. The van der Waals surface area contributed by atoms with E-state index in [9.17, 15) is 4.79 Å². The summed E-state index contributed by atoms with van der Waals surface area (Å²) in [7, 11) is 0. The van der Waals surface area contributed by atoms with Crippen LogP contribution in [0, 0.1) is 0 Å². The summed E-state index contributed by atoms with van der Waals surface area (Å²) in [5.41, 5.74) is 2.06. The molecule has 0 aliphatic carbocycles. The Morgan fingerprint density at radius 3 is 2.67 bits per heavy atom. The summed E-state index contributed by atoms with van der Waals surface area (Å²) in [6.07, 6.45) is 0. The molecule has 0 amide bonds. The highest BCUT2D eigenvalue weighted by Crippen LogP contribution is 2.25. The van der Waals surface area contributed by atoms with Crippen LogP contribution in [0.1, 0.15) is 25.3 Å². The Morgan fingerprint density at radius 1 is 1.33 bits per heavy atom. The van der Waals surface area contributed by atoms with Gasteiger partial charge in [0.1, 0.15) is 0 Å². The second-order valence-corrected chi connectivity index (χ2v) is 3.69. The first-order valence-electron chi connectivity index (χ1n) is 4.84. The van der Waals surface area contributed by atoms with Crippen LogP contribution in [0.2, 0.25) is 0 Å². The zero-order valence-electron chi connectivity index (χ0n) is 8.65. The fourth-order valence-corrected chi connectivity index (χ4v) is 1.56. The number of benzene rings is 1. The molecule has 0 radical (unpaired) electrons. The van der Waals surface area contributed by atoms with E-state index in [2.05, 4.69) is 28.5 Å². The number of hydrogen-bond acceptors (Lipinski definition) is 3. The van der Waals surface area contributed by atoms with Crippen LogP contribution in [-0.4, -0.2) is 10.1 Å². The second-order valence-electron chi connectivity index (χ2n) is 3.69. The van der Waals surface area contributed by atoms with Crippen LogP contribution in [0.25, 0.3) is 11.4 Å². The first kappa shape index (κ1) is 9.71. The van der Waals surface area contributed by atoms with Gasteiger partial charge in [-0.15, -0.1) is 0 Å². The van der Waals surface area contributed by atoms with Gasteiger partial charge in [0, 0.05) is 5.56 Å². The van der Waals surface area contributed by atoms with Gasteiger partial charge < -0.3 is 0 Å². The maximum Gasteiger partial charge on any atom is 0.439 e. The summed E-state index contributed by atoms with van der Waals surface area (Å²) in [4.78, 5) is 13.4. The summed E-state index contributed by atoms with van der Waals surface area (Å²) in [6, 6.07) is 7.82. The number of nitrogens with zero attached hydrogens (tertiary/aromatic N) is 1. The minimum atomic E-state index is -0.524. The summed E-state index contributed by atoms with van der Waals surface area (Å²) in [5, 5.41) is 3.69. The third kappa shape index (κ3) is 1.83. The molecule has 78 valence electrons. The SMILES string of the molecule is CC(C)c1ccccc1-c1noc(=O)[nH]1. The van der Waals surface area contributed by atoms with Crippen molar-refractivity contribution in [2.45, 2.75) is 19.8 Å². The van der Waals surface area contributed by atoms with Crippen molar-refractivity contribution in [3.63, 3.8) is 0 Å². The maximum atomic E-state index is 10.9. The van der Waals surface area contributed by atoms with Crippen LogP contribution in [0.4, 0.5) is 0 Å². The fourth-order valence-electron chi connectivity index (χ4n) is 1.56. The van der Waals surface area contributed by atoms with Crippen LogP contribution in [0.3, 0.4) is 0 Å². The molecule has 4 nitrogen and oxygen atoms in total. The minimum absolute atomic E-state index is 0.376. The normalized spacial score (nSPS) is 10.9. The topological polar surface area (TPSA) is 58.9 Å². The molecule has 4 heteroatoms. The van der Waals surface area contributed by atoms with Gasteiger partial charge in [-0.05, 0) is 11.5 Å². The molecule has 0 aliphatic rings. The van der Waals surface area contributed by atoms with Crippen LogP contribution < -0.4 is 5.76 Å². The monoisotopic (exact) mass is 204 g/mol. The van der Waals surface area contributed by atoms with Crippen molar-refractivity contribution in [1.29, 1.82) is 0 Å². The molecule has 0 fully saturated rings. The largest absolute Gasteiger partial charge is 0.439 e. The Bertz CT molecular complexity index is 511. The third-order valence-electron chi connectivity index (χ3n) is 2.28. The van der Waals surface area contributed by atoms with E-state index in [0.717, 1.165) is 11.1 Å². The van der Waals surface area contributed by atoms with Crippen LogP contribution in [0.5, 0.6) is 0 Å². The number of rotatable bonds is 2. The molecule has 0 aliphatic heterocycles. The number of H-pyrrole nitrogens is 1. The molecule has 0 atom stereocenters. The molecule has 0 bridgehead atoms. The maximum absolute atomic E-state index is 10.9. The van der Waals surface area contributed by atoms with Crippen molar-refractivity contribution < 1.29 is 4.52 Å². The number of aromatic amines is 1. The summed E-state index contributed by atoms with van der Waals surface area (Å²) in [6.45, 7) is 4.19. The highest BCUT2D eigenvalue weighted by molar-refractivity contribution is 5.60. The van der Waals surface area contributed by atoms with Crippen LogP contribution in [0.15, 0.2) is 33.6 Å². The van der Waals surface area contributed by atoms with E-state index in [0.29, 0.717) is 11.7 Å². The Labute approximate surface area is 86.9 Å². The molecule has 2 rings (SSSR count). The highest BCUT2D eigenvalue weighted by Gasteiger charge is 2.11. The molecular formula is C11H12N2O2. The Kier molecular flexibility index (Phi) is 2.41. The lowest BCUT2D eigenvalue weighted by atomic mass is 9.97. The zero-order chi connectivity index (χ0) is 10.8. The predicted molar refractivity (Wildman–Crippen MR) is 56.6 cm³/mol. The van der Waals surface area contributed by atoms with Crippen molar-refractivity contribution in [2.24, 2.45) is 0 Å². The molecule has 1 heterocycles. The van der Waals surface area contributed by atoms with Crippen molar-refractivity contribution in [3.8, 4) is 11.4 Å². The van der Waals surface area contributed by atoms with Gasteiger partial charge in [0.25, 0.3) is 0 Å². The Balaban J connectivity index is 2.57. The lowest BCUT2D eigenvalue weighted by Gasteiger charge is -2.09. The summed E-state index contributed by atoms with van der Waals surface area (Å²) < 4.78 is 4.49. The van der Waals surface area contributed by atoms with Crippen LogP contribution >= 0.6 is 0 Å². The van der Waals surface area contributed by atoms with Crippen molar-refractivity contribution >= 4 is 0 Å². The first-order chi connectivity index (χ1) is 7.18. The lowest BCUT2D eigenvalue weighted by Crippen LogP contribution is -1.97. The number of nitrogens with one attached hydrogen (secondary N) is 1. The van der Waals surface area contributed by atoms with Gasteiger partial charge in [0.15, 0.2) is 5.82 Å². The van der Waals surface area contributed by atoms with Gasteiger partial charge in [0.2, 0.25) is 0 Å². The van der Waals surface area contributed by atoms with E-state index >= 15 is 0 Å². The van der Waals surface area contributed by atoms with Crippen molar-refractivity contribution in [2.75, 3.05) is 0 Å². The number of hydrogen-bond donors (Lipinski definition) is 1. The number of aromatic nitrogens is 2. The molecule has 0 saturated heterocycles. The quantitative estimate of drug-likeness (QED) is 0.815. The van der Waals surface area contributed by atoms with Gasteiger partial charge in [-0.25, -0.2) is 4.79 Å². The molecule has 0 unspecified atom stereocenters. The van der Waals surface area contributed by atoms with Gasteiger partial charge in [0.05, 0.1) is 0 Å². The molecule has 2 aromatic rings. The highest BCUT2D eigenvalue weighted by atomic mass is 16.5. The van der Waals surface area contributed by atoms with E-state index in [1.165, 1.54) is 0 Å². The minimum Gasteiger partial charge on any atom is -0.296 e. The third-order valence-corrected chi connectivity index (χ3v) is 2.28. The smallest absolute Gasteiger partial charge is 0.296 e. The van der Waals surface area contributed by atoms with E-state index in [1.54, 1.807) is 0 Å². The molecule has 0 saturated carbocycles. The molecular weight excluding hydrogens is 192 g/mol. The summed E-state index contributed by atoms with van der Waals surface area (Å²) >= 11 is 0. The first-order valence-corrected chi connectivity index (χ1v) is 4.84. The average molecular weight is 204 g/mol. The van der Waals surface area contributed by atoms with Crippen molar-refractivity contribution in [1.82, 2.24) is 10.1 Å². The second kappa shape index (κ2) is 3.73. The zero-order valence-corrected chi connectivity index (χ0v) is 8.65. The van der Waals surface area contributed by atoms with Crippen molar-refractivity contribution in [3.05, 3.63) is 40.4 Å². The van der Waals surface area contributed by atoms with E-state index < -0.39 is 5.76 Å². The molecule has 15 heavy (non-hydrogen) atoms. The van der Waals surface area contributed by atoms with Gasteiger partial charge in [-0.2, -0.15) is 0 Å². The van der Waals surface area contributed by atoms with Gasteiger partial charge in [-0.1, -0.05) is 43.3 Å². The van der Waals surface area contributed by atoms with E-state index in [-0.39, 0.29) is 0 Å². The fraction of sp³-hybridized carbons (Fsp3) is 0.273. The molecule has 1 aromatic heterocycles. The molecule has 1 N–H and O–H groups in total. The standard InChI is InChI=1S/C11H12N2O2/c1-7(2)8-5-3-4-6-9(8)10-12-11(14)15-13-10/h3-7H,1-2H3,(H,12,13,14).